The summed E-state index contributed by atoms with van der Waals surface area (Å²) in [6.07, 6.45) is 0.482. The van der Waals surface area contributed by atoms with Gasteiger partial charge in [0.1, 0.15) is 6.10 Å². The Kier molecular flexibility index (Phi) is 3.28. The number of hydrogen-bond acceptors (Lipinski definition) is 2. The third kappa shape index (κ3) is 2.21. The van der Waals surface area contributed by atoms with E-state index in [9.17, 15) is 4.79 Å². The molecule has 0 bridgehead atoms. The maximum absolute atomic E-state index is 11.8. The summed E-state index contributed by atoms with van der Waals surface area (Å²) in [7, 11) is 1.53. The fourth-order valence-corrected chi connectivity index (χ4v) is 2.57. The van der Waals surface area contributed by atoms with Gasteiger partial charge in [-0.2, -0.15) is 0 Å². The largest absolute Gasteiger partial charge is 0.372 e. The monoisotopic (exact) mass is 267 g/mol. The first-order valence-corrected chi connectivity index (χ1v) is 6.74. The molecule has 2 aromatic rings. The van der Waals surface area contributed by atoms with Gasteiger partial charge in [0.15, 0.2) is 0 Å². The first-order valence-electron chi connectivity index (χ1n) is 6.74. The third-order valence-corrected chi connectivity index (χ3v) is 3.78. The Morgan fingerprint density at radius 3 is 2.70 bits per heavy atom. The van der Waals surface area contributed by atoms with Gasteiger partial charge in [0.25, 0.3) is 5.91 Å². The topological polar surface area (TPSA) is 38.3 Å². The van der Waals surface area contributed by atoms with Gasteiger partial charge in [0.05, 0.1) is 0 Å². The van der Waals surface area contributed by atoms with Gasteiger partial charge in [0, 0.05) is 12.8 Å². The Morgan fingerprint density at radius 2 is 1.90 bits per heavy atom. The second kappa shape index (κ2) is 5.10. The van der Waals surface area contributed by atoms with Crippen LogP contribution in [0.3, 0.4) is 0 Å². The molecule has 3 nitrogen and oxygen atoms in total. The van der Waals surface area contributed by atoms with Crippen LogP contribution in [-0.4, -0.2) is 19.1 Å². The van der Waals surface area contributed by atoms with Crippen LogP contribution in [0, 0.1) is 0 Å². The molecule has 3 heteroatoms. The summed E-state index contributed by atoms with van der Waals surface area (Å²) in [6, 6.07) is 14.5. The van der Waals surface area contributed by atoms with Crippen LogP contribution in [-0.2, 0) is 16.0 Å². The molecule has 1 atom stereocenters. The van der Waals surface area contributed by atoms with E-state index >= 15 is 0 Å². The quantitative estimate of drug-likeness (QED) is 0.791. The molecule has 0 spiro atoms. The lowest BCUT2D eigenvalue weighted by atomic mass is 10.1. The minimum absolute atomic E-state index is 0.122. The van der Waals surface area contributed by atoms with E-state index in [1.807, 2.05) is 6.07 Å². The predicted octanol–water partition coefficient (Wildman–Crippen LogP) is 3.23. The van der Waals surface area contributed by atoms with Crippen molar-refractivity contribution >= 4 is 11.6 Å². The van der Waals surface area contributed by atoms with Crippen molar-refractivity contribution in [3.05, 3.63) is 53.6 Å². The van der Waals surface area contributed by atoms with Crippen LogP contribution in [0.4, 0.5) is 5.69 Å². The zero-order valence-electron chi connectivity index (χ0n) is 11.6. The Bertz CT molecular complexity index is 664. The number of nitrogens with one attached hydrogen (secondary N) is 1. The van der Waals surface area contributed by atoms with Gasteiger partial charge in [-0.05, 0) is 47.7 Å². The zero-order valence-corrected chi connectivity index (χ0v) is 11.6. The average Bonchev–Trinajstić information content (AvgIpc) is 2.83. The van der Waals surface area contributed by atoms with Crippen LogP contribution >= 0.6 is 0 Å². The molecular formula is C17H17NO2. The fraction of sp³-hybridized carbons (Fsp3) is 0.235. The van der Waals surface area contributed by atoms with Crippen molar-refractivity contribution in [2.75, 3.05) is 12.4 Å². The number of rotatable bonds is 3. The van der Waals surface area contributed by atoms with Crippen molar-refractivity contribution < 1.29 is 9.53 Å². The molecule has 3 rings (SSSR count). The van der Waals surface area contributed by atoms with Crippen molar-refractivity contribution in [3.8, 4) is 11.1 Å². The van der Waals surface area contributed by atoms with Crippen molar-refractivity contribution in [1.29, 1.82) is 0 Å². The van der Waals surface area contributed by atoms with E-state index < -0.39 is 6.10 Å². The lowest BCUT2D eigenvalue weighted by molar-refractivity contribution is -0.124. The van der Waals surface area contributed by atoms with E-state index in [4.69, 9.17) is 4.74 Å². The predicted molar refractivity (Wildman–Crippen MR) is 79.8 cm³/mol. The summed E-state index contributed by atoms with van der Waals surface area (Å²) in [5.41, 5.74) is 5.99. The minimum atomic E-state index is -0.444. The fourth-order valence-electron chi connectivity index (χ4n) is 2.57. The van der Waals surface area contributed by atoms with Crippen molar-refractivity contribution in [2.24, 2.45) is 0 Å². The molecular weight excluding hydrogens is 250 g/mol. The van der Waals surface area contributed by atoms with E-state index in [1.54, 1.807) is 6.92 Å². The van der Waals surface area contributed by atoms with Gasteiger partial charge in [-0.15, -0.1) is 0 Å². The van der Waals surface area contributed by atoms with Crippen LogP contribution in [0.1, 0.15) is 18.1 Å². The van der Waals surface area contributed by atoms with E-state index in [0.717, 1.165) is 12.1 Å². The van der Waals surface area contributed by atoms with E-state index in [1.165, 1.54) is 29.4 Å². The normalized spacial score (nSPS) is 13.5. The molecule has 0 aromatic heterocycles. The molecule has 0 radical (unpaired) electrons. The number of anilines is 1. The standard InChI is InChI=1S/C17H17NO2/c1-11(20-2)17(19)18-14-7-8-16-13(10-14)9-12-5-3-4-6-15(12)16/h3-8,10-11H,9H2,1-2H3,(H,18,19). The number of carbonyl (C=O) groups excluding carboxylic acids is 1. The number of fused-ring (bicyclic) bond motifs is 3. The summed E-state index contributed by atoms with van der Waals surface area (Å²) in [6.45, 7) is 1.73. The number of methoxy groups -OCH3 is 1. The Morgan fingerprint density at radius 1 is 1.15 bits per heavy atom. The molecule has 0 fully saturated rings. The van der Waals surface area contributed by atoms with Gasteiger partial charge in [-0.1, -0.05) is 30.3 Å². The SMILES string of the molecule is COC(C)C(=O)Nc1ccc2c(c1)Cc1ccccc1-2. The Balaban J connectivity index is 1.86. The van der Waals surface area contributed by atoms with Crippen LogP contribution in [0.15, 0.2) is 42.5 Å². The summed E-state index contributed by atoms with van der Waals surface area (Å²) >= 11 is 0. The zero-order chi connectivity index (χ0) is 14.1. The highest BCUT2D eigenvalue weighted by Crippen LogP contribution is 2.37. The van der Waals surface area contributed by atoms with E-state index in [2.05, 4.69) is 41.7 Å². The average molecular weight is 267 g/mol. The van der Waals surface area contributed by atoms with Crippen LogP contribution in [0.5, 0.6) is 0 Å². The summed E-state index contributed by atoms with van der Waals surface area (Å²) in [5.74, 6) is -0.122. The first kappa shape index (κ1) is 12.9. The number of benzene rings is 2. The molecule has 1 aliphatic rings. The molecule has 0 aliphatic heterocycles. The maximum atomic E-state index is 11.8. The maximum Gasteiger partial charge on any atom is 0.253 e. The van der Waals surface area contributed by atoms with E-state index in [-0.39, 0.29) is 5.91 Å². The van der Waals surface area contributed by atoms with Crippen LogP contribution in [0.25, 0.3) is 11.1 Å². The number of hydrogen-bond donors (Lipinski definition) is 1. The van der Waals surface area contributed by atoms with Crippen LogP contribution < -0.4 is 5.32 Å². The molecule has 0 heterocycles. The molecule has 1 aliphatic carbocycles. The molecule has 1 amide bonds. The van der Waals surface area contributed by atoms with Gasteiger partial charge >= 0.3 is 0 Å². The first-order chi connectivity index (χ1) is 9.69. The molecule has 102 valence electrons. The van der Waals surface area contributed by atoms with Crippen molar-refractivity contribution in [3.63, 3.8) is 0 Å². The number of ether oxygens (including phenoxy) is 1. The second-order valence-corrected chi connectivity index (χ2v) is 5.07. The van der Waals surface area contributed by atoms with Gasteiger partial charge in [-0.3, -0.25) is 4.79 Å². The smallest absolute Gasteiger partial charge is 0.253 e. The minimum Gasteiger partial charge on any atom is -0.372 e. The molecule has 0 saturated carbocycles. The lowest BCUT2D eigenvalue weighted by Crippen LogP contribution is -2.26. The molecule has 1 N–H and O–H groups in total. The molecule has 20 heavy (non-hydrogen) atoms. The third-order valence-electron chi connectivity index (χ3n) is 3.78. The highest BCUT2D eigenvalue weighted by Gasteiger charge is 2.19. The summed E-state index contributed by atoms with van der Waals surface area (Å²) in [4.78, 5) is 11.8. The lowest BCUT2D eigenvalue weighted by Gasteiger charge is -2.11. The summed E-state index contributed by atoms with van der Waals surface area (Å²) in [5, 5.41) is 2.89. The number of amides is 1. The molecule has 0 saturated heterocycles. The second-order valence-electron chi connectivity index (χ2n) is 5.07. The Hall–Kier alpha value is -2.13. The van der Waals surface area contributed by atoms with Gasteiger partial charge in [-0.25, -0.2) is 0 Å². The highest BCUT2D eigenvalue weighted by atomic mass is 16.5. The molecule has 2 aromatic carbocycles. The molecule has 1 unspecified atom stereocenters. The Labute approximate surface area is 118 Å². The summed E-state index contributed by atoms with van der Waals surface area (Å²) < 4.78 is 5.02. The van der Waals surface area contributed by atoms with E-state index in [0.29, 0.717) is 0 Å². The van der Waals surface area contributed by atoms with Crippen LogP contribution in [0.2, 0.25) is 0 Å². The highest BCUT2D eigenvalue weighted by molar-refractivity contribution is 5.94. The van der Waals surface area contributed by atoms with Gasteiger partial charge < -0.3 is 10.1 Å². The van der Waals surface area contributed by atoms with Crippen molar-refractivity contribution in [2.45, 2.75) is 19.4 Å². The number of carbonyl (C=O) groups is 1. The van der Waals surface area contributed by atoms with Crippen molar-refractivity contribution in [1.82, 2.24) is 0 Å². The van der Waals surface area contributed by atoms with Gasteiger partial charge in [0.2, 0.25) is 0 Å².